The molecule has 2 heterocycles. The van der Waals surface area contributed by atoms with Crippen molar-refractivity contribution in [2.24, 2.45) is 5.92 Å². The van der Waals surface area contributed by atoms with Gasteiger partial charge in [0, 0.05) is 35.3 Å². The summed E-state index contributed by atoms with van der Waals surface area (Å²) in [6.45, 7) is 1.85. The number of carbonyl (C=O) groups is 1. The van der Waals surface area contributed by atoms with Gasteiger partial charge in [0.25, 0.3) is 5.91 Å². The quantitative estimate of drug-likeness (QED) is 0.0767. The third-order valence-corrected chi connectivity index (χ3v) is 7.86. The number of thioether (sulfide) groups is 1. The van der Waals surface area contributed by atoms with Gasteiger partial charge in [-0.15, -0.1) is 0 Å². The summed E-state index contributed by atoms with van der Waals surface area (Å²) in [4.78, 5) is 21.1. The molecular formula is C30H24F5N3O4S. The van der Waals surface area contributed by atoms with Crippen molar-refractivity contribution in [3.05, 3.63) is 118 Å². The Morgan fingerprint density at radius 1 is 0.884 bits per heavy atom. The molecule has 0 spiro atoms. The molecule has 0 bridgehead atoms. The summed E-state index contributed by atoms with van der Waals surface area (Å²) in [5.74, 6) is -12.5. The zero-order valence-electron chi connectivity index (χ0n) is 22.4. The fraction of sp³-hybridized carbons (Fsp3) is 0.233. The van der Waals surface area contributed by atoms with Gasteiger partial charge in [-0.1, -0.05) is 55.1 Å². The van der Waals surface area contributed by atoms with E-state index < -0.39 is 53.0 Å². The standard InChI is InChI=1S/C30H24F5N3O4S/c1-15-20(14-43-30-36-10-3-11-37-30)41-29(42-27(15)17-8-6-16(13-39)7-9-17)18-4-2-5-19(12-18)38-28(40)21-22(31)24(33)26(35)25(34)23(21)32/h2-12,15,20,27,29,39H,13-14H2,1H3,(H,38,40). The number of ether oxygens (including phenoxy) is 2. The van der Waals surface area contributed by atoms with Crippen LogP contribution in [0.5, 0.6) is 0 Å². The molecule has 3 aromatic carbocycles. The van der Waals surface area contributed by atoms with Crippen molar-refractivity contribution in [1.29, 1.82) is 0 Å². The van der Waals surface area contributed by atoms with Crippen LogP contribution in [-0.4, -0.2) is 32.8 Å². The summed E-state index contributed by atoms with van der Waals surface area (Å²) in [6.07, 6.45) is 1.46. The molecule has 2 N–H and O–H groups in total. The minimum atomic E-state index is -2.36. The van der Waals surface area contributed by atoms with E-state index in [1.165, 1.54) is 30.0 Å². The van der Waals surface area contributed by atoms with E-state index in [4.69, 9.17) is 9.47 Å². The normalized spacial score (nSPS) is 20.2. The Bertz CT molecular complexity index is 1580. The van der Waals surface area contributed by atoms with Crippen molar-refractivity contribution >= 4 is 23.4 Å². The number of aromatic nitrogens is 2. The Morgan fingerprint density at radius 2 is 1.53 bits per heavy atom. The minimum absolute atomic E-state index is 0.00437. The first-order chi connectivity index (χ1) is 20.7. The van der Waals surface area contributed by atoms with Crippen molar-refractivity contribution in [3.8, 4) is 0 Å². The van der Waals surface area contributed by atoms with Crippen molar-refractivity contribution in [3.63, 3.8) is 0 Å². The van der Waals surface area contributed by atoms with Gasteiger partial charge in [0.2, 0.25) is 5.82 Å². The Morgan fingerprint density at radius 3 is 2.19 bits per heavy atom. The highest BCUT2D eigenvalue weighted by Crippen LogP contribution is 2.43. The van der Waals surface area contributed by atoms with Gasteiger partial charge >= 0.3 is 0 Å². The van der Waals surface area contributed by atoms with Gasteiger partial charge in [-0.3, -0.25) is 4.79 Å². The van der Waals surface area contributed by atoms with Gasteiger partial charge in [-0.05, 0) is 29.3 Å². The Hall–Kier alpha value is -3.91. The van der Waals surface area contributed by atoms with Crippen LogP contribution in [0.4, 0.5) is 27.6 Å². The molecule has 13 heteroatoms. The Kier molecular flexibility index (Phi) is 9.35. The second-order valence-corrected chi connectivity index (χ2v) is 10.7. The summed E-state index contributed by atoms with van der Waals surface area (Å²) in [7, 11) is 0. The average Bonchev–Trinajstić information content (AvgIpc) is 3.03. The number of carbonyl (C=O) groups excluding carboxylic acids is 1. The van der Waals surface area contributed by atoms with Gasteiger partial charge in [0.05, 0.1) is 18.8 Å². The number of benzene rings is 3. The van der Waals surface area contributed by atoms with Gasteiger partial charge in [-0.25, -0.2) is 31.9 Å². The van der Waals surface area contributed by atoms with Crippen molar-refractivity contribution < 1.29 is 41.3 Å². The Balaban J connectivity index is 1.41. The maximum atomic E-state index is 14.2. The van der Waals surface area contributed by atoms with Crippen LogP contribution in [0.15, 0.2) is 72.1 Å². The van der Waals surface area contributed by atoms with Crippen LogP contribution in [-0.2, 0) is 16.1 Å². The lowest BCUT2D eigenvalue weighted by molar-refractivity contribution is -0.268. The molecular weight excluding hydrogens is 593 g/mol. The summed E-state index contributed by atoms with van der Waals surface area (Å²) in [5.41, 5.74) is 0.382. The first-order valence-corrected chi connectivity index (χ1v) is 14.0. The summed E-state index contributed by atoms with van der Waals surface area (Å²) in [5, 5.41) is 12.2. The van der Waals surface area contributed by atoms with Crippen molar-refractivity contribution in [1.82, 2.24) is 9.97 Å². The van der Waals surface area contributed by atoms with Crippen LogP contribution < -0.4 is 5.32 Å². The summed E-state index contributed by atoms with van der Waals surface area (Å²) < 4.78 is 81.9. The smallest absolute Gasteiger partial charge is 0.261 e. The molecule has 1 aliphatic heterocycles. The lowest BCUT2D eigenvalue weighted by atomic mass is 9.91. The molecule has 1 fully saturated rings. The molecule has 0 radical (unpaired) electrons. The summed E-state index contributed by atoms with van der Waals surface area (Å²) >= 11 is 1.39. The minimum Gasteiger partial charge on any atom is -0.392 e. The largest absolute Gasteiger partial charge is 0.392 e. The highest BCUT2D eigenvalue weighted by molar-refractivity contribution is 7.99. The van der Waals surface area contributed by atoms with Crippen molar-refractivity contribution in [2.45, 2.75) is 37.2 Å². The maximum Gasteiger partial charge on any atom is 0.261 e. The van der Waals surface area contributed by atoms with E-state index in [0.29, 0.717) is 16.5 Å². The van der Waals surface area contributed by atoms with Gasteiger partial charge in [0.1, 0.15) is 5.56 Å². The molecule has 43 heavy (non-hydrogen) atoms. The monoisotopic (exact) mass is 617 g/mol. The zero-order valence-corrected chi connectivity index (χ0v) is 23.3. The Labute approximate surface area is 247 Å². The van der Waals surface area contributed by atoms with Crippen LogP contribution in [0.3, 0.4) is 0 Å². The lowest BCUT2D eigenvalue weighted by Gasteiger charge is -2.41. The molecule has 0 saturated carbocycles. The number of hydrogen-bond acceptors (Lipinski definition) is 7. The van der Waals surface area contributed by atoms with E-state index in [1.54, 1.807) is 36.7 Å². The number of aliphatic hydroxyl groups is 1. The first-order valence-electron chi connectivity index (χ1n) is 13.0. The number of amides is 1. The number of nitrogens with one attached hydrogen (secondary N) is 1. The fourth-order valence-corrected chi connectivity index (χ4v) is 5.55. The van der Waals surface area contributed by atoms with Crippen LogP contribution in [0.2, 0.25) is 0 Å². The number of aliphatic hydroxyl groups excluding tert-OH is 1. The van der Waals surface area contributed by atoms with E-state index in [0.717, 1.165) is 11.1 Å². The molecule has 1 aliphatic rings. The second-order valence-electron chi connectivity index (χ2n) is 9.69. The van der Waals surface area contributed by atoms with Crippen LogP contribution in [0.1, 0.15) is 46.4 Å². The van der Waals surface area contributed by atoms with E-state index in [9.17, 15) is 31.9 Å². The molecule has 0 aliphatic carbocycles. The molecule has 1 aromatic heterocycles. The third kappa shape index (κ3) is 6.54. The number of halogens is 5. The van der Waals surface area contributed by atoms with E-state index in [1.807, 2.05) is 19.1 Å². The molecule has 224 valence electrons. The molecule has 4 aromatic rings. The van der Waals surface area contributed by atoms with Gasteiger partial charge < -0.3 is 19.9 Å². The van der Waals surface area contributed by atoms with Crippen molar-refractivity contribution in [2.75, 3.05) is 11.1 Å². The predicted molar refractivity (Wildman–Crippen MR) is 146 cm³/mol. The number of nitrogens with zero attached hydrogens (tertiary/aromatic N) is 2. The number of anilines is 1. The molecule has 5 rings (SSSR count). The fourth-order valence-electron chi connectivity index (χ4n) is 4.59. The third-order valence-electron chi connectivity index (χ3n) is 6.90. The molecule has 4 unspecified atom stereocenters. The van der Waals surface area contributed by atoms with E-state index in [2.05, 4.69) is 15.3 Å². The van der Waals surface area contributed by atoms with Gasteiger partial charge in [0.15, 0.2) is 34.7 Å². The topological polar surface area (TPSA) is 93.6 Å². The number of hydrogen-bond donors (Lipinski definition) is 2. The van der Waals surface area contributed by atoms with Crippen LogP contribution >= 0.6 is 11.8 Å². The van der Waals surface area contributed by atoms with E-state index >= 15 is 0 Å². The number of rotatable bonds is 8. The molecule has 1 amide bonds. The second kappa shape index (κ2) is 13.2. The highest BCUT2D eigenvalue weighted by atomic mass is 32.2. The van der Waals surface area contributed by atoms with E-state index in [-0.39, 0.29) is 24.3 Å². The molecule has 4 atom stereocenters. The zero-order chi connectivity index (χ0) is 30.7. The maximum absolute atomic E-state index is 14.2. The highest BCUT2D eigenvalue weighted by Gasteiger charge is 2.38. The van der Waals surface area contributed by atoms with Crippen LogP contribution in [0.25, 0.3) is 0 Å². The van der Waals surface area contributed by atoms with Gasteiger partial charge in [-0.2, -0.15) is 0 Å². The molecule has 1 saturated heterocycles. The molecule has 7 nitrogen and oxygen atoms in total. The predicted octanol–water partition coefficient (Wildman–Crippen LogP) is 6.50. The lowest BCUT2D eigenvalue weighted by Crippen LogP contribution is -2.38. The summed E-state index contributed by atoms with van der Waals surface area (Å²) in [6, 6.07) is 14.9. The SMILES string of the molecule is CC1C(CSc2ncccn2)OC(c2cccc(NC(=O)c3c(F)c(F)c(F)c(F)c3F)c2)OC1c1ccc(CO)cc1. The first kappa shape index (κ1) is 30.5. The van der Waals surface area contributed by atoms with Crippen LogP contribution in [0, 0.1) is 35.0 Å². The average molecular weight is 618 g/mol.